The third kappa shape index (κ3) is 7.90. The van der Waals surface area contributed by atoms with Gasteiger partial charge in [-0.2, -0.15) is 0 Å². The molecular weight excluding hydrogens is 248 g/mol. The monoisotopic (exact) mass is 271 g/mol. The number of benzene rings is 1. The summed E-state index contributed by atoms with van der Waals surface area (Å²) in [5.74, 6) is 0. The Morgan fingerprint density at radius 2 is 1.68 bits per heavy atom. The van der Waals surface area contributed by atoms with E-state index in [4.69, 9.17) is 4.74 Å². The Morgan fingerprint density at radius 3 is 2.21 bits per heavy atom. The van der Waals surface area contributed by atoms with Crippen molar-refractivity contribution in [2.45, 2.75) is 45.8 Å². The van der Waals surface area contributed by atoms with Crippen LogP contribution < -0.4 is 5.32 Å². The van der Waals surface area contributed by atoms with E-state index in [1.54, 1.807) is 0 Å². The number of halogens is 2. The Bertz CT molecular complexity index is 357. The molecule has 0 aliphatic carbocycles. The normalized spacial score (nSPS) is 12.1. The molecule has 0 aliphatic rings. The second-order valence-electron chi connectivity index (χ2n) is 5.65. The van der Waals surface area contributed by atoms with Gasteiger partial charge in [0.15, 0.2) is 0 Å². The minimum absolute atomic E-state index is 0.128. The van der Waals surface area contributed by atoms with Crippen molar-refractivity contribution in [3.63, 3.8) is 0 Å². The molecule has 0 radical (unpaired) electrons. The van der Waals surface area contributed by atoms with Gasteiger partial charge in [-0.1, -0.05) is 24.3 Å². The fraction of sp³-hybridized carbons (Fsp3) is 0.600. The minimum atomic E-state index is -2.40. The molecule has 0 saturated heterocycles. The van der Waals surface area contributed by atoms with Crippen molar-refractivity contribution in [1.82, 2.24) is 5.32 Å². The van der Waals surface area contributed by atoms with E-state index in [-0.39, 0.29) is 12.1 Å². The molecule has 19 heavy (non-hydrogen) atoms. The predicted octanol–water partition coefficient (Wildman–Crippen LogP) is 3.40. The average Bonchev–Trinajstić information content (AvgIpc) is 2.29. The van der Waals surface area contributed by atoms with Gasteiger partial charge in [-0.25, -0.2) is 8.78 Å². The van der Waals surface area contributed by atoms with Crippen LogP contribution in [0.2, 0.25) is 0 Å². The Labute approximate surface area is 114 Å². The highest BCUT2D eigenvalue weighted by Crippen LogP contribution is 2.08. The first-order valence-corrected chi connectivity index (χ1v) is 6.55. The fourth-order valence-corrected chi connectivity index (χ4v) is 1.65. The molecule has 0 heterocycles. The van der Waals surface area contributed by atoms with Crippen molar-refractivity contribution in [2.75, 3.05) is 13.2 Å². The third-order valence-corrected chi connectivity index (χ3v) is 2.60. The molecule has 1 rings (SSSR count). The first kappa shape index (κ1) is 16.1. The smallest absolute Gasteiger partial charge is 0.261 e. The lowest BCUT2D eigenvalue weighted by Gasteiger charge is -2.20. The topological polar surface area (TPSA) is 21.3 Å². The van der Waals surface area contributed by atoms with Gasteiger partial charge in [-0.3, -0.25) is 0 Å². The van der Waals surface area contributed by atoms with Crippen LogP contribution in [0.15, 0.2) is 24.3 Å². The maximum absolute atomic E-state index is 11.9. The summed E-state index contributed by atoms with van der Waals surface area (Å²) >= 11 is 0. The standard InChI is InChI=1S/C15H23F2NO/c1-15(2,3)18-9-8-12-4-6-13(7-5-12)10-19-11-14(16)17/h4-7,14,18H,8-11H2,1-3H3. The maximum atomic E-state index is 11.9. The molecule has 0 fully saturated rings. The quantitative estimate of drug-likeness (QED) is 0.820. The van der Waals surface area contributed by atoms with Crippen LogP contribution in [0.1, 0.15) is 31.9 Å². The van der Waals surface area contributed by atoms with Crippen molar-refractivity contribution in [2.24, 2.45) is 0 Å². The summed E-state index contributed by atoms with van der Waals surface area (Å²) in [7, 11) is 0. The number of ether oxygens (including phenoxy) is 1. The molecule has 1 N–H and O–H groups in total. The Balaban J connectivity index is 2.31. The molecule has 0 unspecified atom stereocenters. The van der Waals surface area contributed by atoms with Crippen LogP contribution in [0, 0.1) is 0 Å². The summed E-state index contributed by atoms with van der Waals surface area (Å²) in [6.07, 6.45) is -1.45. The molecular formula is C15H23F2NO. The molecule has 1 aromatic carbocycles. The van der Waals surface area contributed by atoms with Crippen molar-refractivity contribution in [3.05, 3.63) is 35.4 Å². The van der Waals surface area contributed by atoms with Crippen molar-refractivity contribution in [3.8, 4) is 0 Å². The minimum Gasteiger partial charge on any atom is -0.371 e. The second kappa shape index (κ2) is 7.56. The molecule has 0 bridgehead atoms. The van der Waals surface area contributed by atoms with Crippen molar-refractivity contribution < 1.29 is 13.5 Å². The van der Waals surface area contributed by atoms with E-state index in [2.05, 4.69) is 26.1 Å². The maximum Gasteiger partial charge on any atom is 0.261 e. The van der Waals surface area contributed by atoms with E-state index in [1.807, 2.05) is 24.3 Å². The SMILES string of the molecule is CC(C)(C)NCCc1ccc(COCC(F)F)cc1. The van der Waals surface area contributed by atoms with Crippen molar-refractivity contribution >= 4 is 0 Å². The fourth-order valence-electron chi connectivity index (χ4n) is 1.65. The van der Waals surface area contributed by atoms with Crippen LogP contribution in [0.25, 0.3) is 0 Å². The van der Waals surface area contributed by atoms with Gasteiger partial charge in [-0.05, 0) is 44.9 Å². The molecule has 1 aromatic rings. The molecule has 108 valence electrons. The van der Waals surface area contributed by atoms with Gasteiger partial charge in [0.25, 0.3) is 6.43 Å². The summed E-state index contributed by atoms with van der Waals surface area (Å²) in [4.78, 5) is 0. The molecule has 0 atom stereocenters. The van der Waals surface area contributed by atoms with E-state index >= 15 is 0 Å². The van der Waals surface area contributed by atoms with Crippen LogP contribution in [0.4, 0.5) is 8.78 Å². The number of hydrogen-bond acceptors (Lipinski definition) is 2. The Kier molecular flexibility index (Phi) is 6.38. The largest absolute Gasteiger partial charge is 0.371 e. The van der Waals surface area contributed by atoms with Crippen LogP contribution in [-0.2, 0) is 17.8 Å². The first-order chi connectivity index (χ1) is 8.87. The van der Waals surface area contributed by atoms with Gasteiger partial charge in [-0.15, -0.1) is 0 Å². The van der Waals surface area contributed by atoms with E-state index in [0.717, 1.165) is 18.5 Å². The molecule has 0 aliphatic heterocycles. The van der Waals surface area contributed by atoms with Gasteiger partial charge in [0.05, 0.1) is 6.61 Å². The summed E-state index contributed by atoms with van der Waals surface area (Å²) in [5, 5.41) is 3.42. The zero-order chi connectivity index (χ0) is 14.3. The highest BCUT2D eigenvalue weighted by Gasteiger charge is 2.07. The summed E-state index contributed by atoms with van der Waals surface area (Å²) in [6, 6.07) is 7.90. The van der Waals surface area contributed by atoms with E-state index in [0.29, 0.717) is 0 Å². The van der Waals surface area contributed by atoms with Gasteiger partial charge >= 0.3 is 0 Å². The molecule has 2 nitrogen and oxygen atoms in total. The summed E-state index contributed by atoms with van der Waals surface area (Å²) < 4.78 is 28.7. The molecule has 0 amide bonds. The zero-order valence-corrected chi connectivity index (χ0v) is 11.9. The number of rotatable bonds is 7. The van der Waals surface area contributed by atoms with Crippen LogP contribution in [-0.4, -0.2) is 25.1 Å². The Hall–Kier alpha value is -1.00. The summed E-state index contributed by atoms with van der Waals surface area (Å²) in [5.41, 5.74) is 2.28. The van der Waals surface area contributed by atoms with E-state index in [1.165, 1.54) is 5.56 Å². The lowest BCUT2D eigenvalue weighted by molar-refractivity contribution is 0.00987. The van der Waals surface area contributed by atoms with Gasteiger partial charge in [0.2, 0.25) is 0 Å². The summed E-state index contributed by atoms with van der Waals surface area (Å²) in [6.45, 7) is 7.07. The van der Waals surface area contributed by atoms with Gasteiger partial charge in [0, 0.05) is 5.54 Å². The van der Waals surface area contributed by atoms with Crippen LogP contribution >= 0.6 is 0 Å². The van der Waals surface area contributed by atoms with Crippen LogP contribution in [0.5, 0.6) is 0 Å². The van der Waals surface area contributed by atoms with Crippen LogP contribution in [0.3, 0.4) is 0 Å². The first-order valence-electron chi connectivity index (χ1n) is 6.55. The predicted molar refractivity (Wildman–Crippen MR) is 73.6 cm³/mol. The Morgan fingerprint density at radius 1 is 1.11 bits per heavy atom. The number of hydrogen-bond donors (Lipinski definition) is 1. The van der Waals surface area contributed by atoms with Crippen molar-refractivity contribution in [1.29, 1.82) is 0 Å². The highest BCUT2D eigenvalue weighted by molar-refractivity contribution is 5.22. The van der Waals surface area contributed by atoms with E-state index < -0.39 is 13.0 Å². The van der Waals surface area contributed by atoms with Gasteiger partial charge < -0.3 is 10.1 Å². The number of alkyl halides is 2. The molecule has 4 heteroatoms. The second-order valence-corrected chi connectivity index (χ2v) is 5.65. The van der Waals surface area contributed by atoms with Gasteiger partial charge in [0.1, 0.15) is 6.61 Å². The average molecular weight is 271 g/mol. The zero-order valence-electron chi connectivity index (χ0n) is 11.9. The lowest BCUT2D eigenvalue weighted by Crippen LogP contribution is -2.37. The molecule has 0 saturated carbocycles. The number of nitrogens with one attached hydrogen (secondary N) is 1. The lowest BCUT2D eigenvalue weighted by atomic mass is 10.1. The molecule has 0 spiro atoms. The highest BCUT2D eigenvalue weighted by atomic mass is 19.3. The molecule has 0 aromatic heterocycles. The van der Waals surface area contributed by atoms with E-state index in [9.17, 15) is 8.78 Å². The third-order valence-electron chi connectivity index (χ3n) is 2.60.